The number of ether oxygens (including phenoxy) is 1. The highest BCUT2D eigenvalue weighted by Gasteiger charge is 2.15. The summed E-state index contributed by atoms with van der Waals surface area (Å²) in [4.78, 5) is 25.2. The molecule has 1 aromatic heterocycles. The topological polar surface area (TPSA) is 71.2 Å². The maximum atomic E-state index is 11.6. The standard InChI is InChI=1S/C12H16N2O3/c15-11-5-1-4-10(14-11)12(16)13-7-6-9-3-2-8-17-9/h1,4-5,9H,2-3,6-8H2,(H,13,16)(H,14,15). The molecule has 1 amide bonds. The van der Waals surface area contributed by atoms with Gasteiger partial charge in [-0.05, 0) is 25.3 Å². The zero-order chi connectivity index (χ0) is 12.1. The molecule has 1 aliphatic rings. The molecule has 17 heavy (non-hydrogen) atoms. The maximum Gasteiger partial charge on any atom is 0.267 e. The fraction of sp³-hybridized carbons (Fsp3) is 0.500. The van der Waals surface area contributed by atoms with Gasteiger partial charge >= 0.3 is 0 Å². The lowest BCUT2D eigenvalue weighted by Crippen LogP contribution is -2.28. The summed E-state index contributed by atoms with van der Waals surface area (Å²) in [5, 5.41) is 2.76. The van der Waals surface area contributed by atoms with Gasteiger partial charge < -0.3 is 15.0 Å². The summed E-state index contributed by atoms with van der Waals surface area (Å²) in [6.45, 7) is 1.39. The molecule has 1 atom stereocenters. The van der Waals surface area contributed by atoms with Crippen molar-refractivity contribution in [3.63, 3.8) is 0 Å². The number of rotatable bonds is 4. The Morgan fingerprint density at radius 2 is 2.41 bits per heavy atom. The largest absolute Gasteiger partial charge is 0.378 e. The van der Waals surface area contributed by atoms with Gasteiger partial charge in [-0.1, -0.05) is 6.07 Å². The van der Waals surface area contributed by atoms with E-state index in [9.17, 15) is 9.59 Å². The van der Waals surface area contributed by atoms with Crippen LogP contribution in [-0.4, -0.2) is 30.1 Å². The van der Waals surface area contributed by atoms with Gasteiger partial charge in [-0.25, -0.2) is 0 Å². The molecule has 0 radical (unpaired) electrons. The van der Waals surface area contributed by atoms with Crippen LogP contribution in [0.15, 0.2) is 23.0 Å². The van der Waals surface area contributed by atoms with Crippen LogP contribution in [0.3, 0.4) is 0 Å². The van der Waals surface area contributed by atoms with Crippen LogP contribution in [0, 0.1) is 0 Å². The van der Waals surface area contributed by atoms with Crippen LogP contribution in [-0.2, 0) is 4.74 Å². The average molecular weight is 236 g/mol. The van der Waals surface area contributed by atoms with E-state index in [1.807, 2.05) is 0 Å². The van der Waals surface area contributed by atoms with E-state index < -0.39 is 0 Å². The van der Waals surface area contributed by atoms with Crippen molar-refractivity contribution in [3.8, 4) is 0 Å². The number of hydrogen-bond donors (Lipinski definition) is 2. The monoisotopic (exact) mass is 236 g/mol. The first kappa shape index (κ1) is 11.9. The van der Waals surface area contributed by atoms with Crippen LogP contribution in [0.5, 0.6) is 0 Å². The first-order valence-corrected chi connectivity index (χ1v) is 5.85. The molecule has 92 valence electrons. The third kappa shape index (κ3) is 3.42. The molecule has 0 bridgehead atoms. The minimum absolute atomic E-state index is 0.249. The van der Waals surface area contributed by atoms with Gasteiger partial charge in [0, 0.05) is 19.2 Å². The number of nitrogens with one attached hydrogen (secondary N) is 2. The zero-order valence-corrected chi connectivity index (χ0v) is 9.57. The zero-order valence-electron chi connectivity index (χ0n) is 9.57. The summed E-state index contributed by atoms with van der Waals surface area (Å²) in [6, 6.07) is 4.53. The van der Waals surface area contributed by atoms with Crippen molar-refractivity contribution in [1.29, 1.82) is 0 Å². The molecule has 1 aliphatic heterocycles. The lowest BCUT2D eigenvalue weighted by Gasteiger charge is -2.09. The second kappa shape index (κ2) is 5.63. The molecule has 0 aliphatic carbocycles. The molecule has 1 unspecified atom stereocenters. The molecule has 2 heterocycles. The van der Waals surface area contributed by atoms with E-state index >= 15 is 0 Å². The lowest BCUT2D eigenvalue weighted by molar-refractivity contribution is 0.0903. The van der Waals surface area contributed by atoms with E-state index in [4.69, 9.17) is 4.74 Å². The van der Waals surface area contributed by atoms with Crippen molar-refractivity contribution < 1.29 is 9.53 Å². The normalized spacial score (nSPS) is 19.2. The SMILES string of the molecule is O=C(NCCC1CCCO1)c1cccc(=O)[nH]1. The van der Waals surface area contributed by atoms with Gasteiger partial charge in [-0.3, -0.25) is 9.59 Å². The van der Waals surface area contributed by atoms with Crippen LogP contribution >= 0.6 is 0 Å². The van der Waals surface area contributed by atoms with Crippen molar-refractivity contribution in [2.75, 3.05) is 13.2 Å². The second-order valence-electron chi connectivity index (χ2n) is 4.11. The Hall–Kier alpha value is -1.62. The predicted octanol–water partition coefficient (Wildman–Crippen LogP) is 0.674. The summed E-state index contributed by atoms with van der Waals surface area (Å²) in [5.41, 5.74) is 0.0293. The number of amides is 1. The van der Waals surface area contributed by atoms with Crippen molar-refractivity contribution in [2.45, 2.75) is 25.4 Å². The van der Waals surface area contributed by atoms with Gasteiger partial charge in [-0.15, -0.1) is 0 Å². The predicted molar refractivity (Wildman–Crippen MR) is 63.0 cm³/mol. The molecule has 5 heteroatoms. The number of H-pyrrole nitrogens is 1. The molecule has 0 spiro atoms. The molecular formula is C12H16N2O3. The highest BCUT2D eigenvalue weighted by molar-refractivity contribution is 5.92. The Morgan fingerprint density at radius 1 is 1.53 bits per heavy atom. The van der Waals surface area contributed by atoms with E-state index in [1.54, 1.807) is 12.1 Å². The fourth-order valence-corrected chi connectivity index (χ4v) is 1.89. The molecule has 5 nitrogen and oxygen atoms in total. The van der Waals surface area contributed by atoms with Crippen molar-refractivity contribution >= 4 is 5.91 Å². The van der Waals surface area contributed by atoms with Crippen LogP contribution in [0.2, 0.25) is 0 Å². The summed E-state index contributed by atoms with van der Waals surface area (Å²) < 4.78 is 5.45. The van der Waals surface area contributed by atoms with Gasteiger partial charge in [0.2, 0.25) is 5.56 Å². The molecule has 1 saturated heterocycles. The van der Waals surface area contributed by atoms with Crippen LogP contribution in [0.1, 0.15) is 29.8 Å². The second-order valence-corrected chi connectivity index (χ2v) is 4.11. The van der Waals surface area contributed by atoms with Crippen LogP contribution in [0.4, 0.5) is 0 Å². The summed E-state index contributed by atoms with van der Waals surface area (Å²) >= 11 is 0. The first-order valence-electron chi connectivity index (χ1n) is 5.85. The number of pyridine rings is 1. The average Bonchev–Trinajstić information content (AvgIpc) is 2.82. The minimum atomic E-state index is -0.267. The highest BCUT2D eigenvalue weighted by Crippen LogP contribution is 2.14. The minimum Gasteiger partial charge on any atom is -0.378 e. The van der Waals surface area contributed by atoms with Gasteiger partial charge in [0.15, 0.2) is 0 Å². The Bertz CT molecular complexity index is 435. The molecule has 2 rings (SSSR count). The van der Waals surface area contributed by atoms with E-state index in [0.717, 1.165) is 25.9 Å². The van der Waals surface area contributed by atoms with E-state index in [0.29, 0.717) is 12.2 Å². The Morgan fingerprint density at radius 3 is 3.12 bits per heavy atom. The number of hydrogen-bond acceptors (Lipinski definition) is 3. The number of aromatic amines is 1. The van der Waals surface area contributed by atoms with Crippen molar-refractivity contribution in [2.24, 2.45) is 0 Å². The third-order valence-corrected chi connectivity index (χ3v) is 2.79. The summed E-state index contributed by atoms with van der Waals surface area (Å²) in [5.74, 6) is -0.249. The lowest BCUT2D eigenvalue weighted by atomic mass is 10.2. The summed E-state index contributed by atoms with van der Waals surface area (Å²) in [7, 11) is 0. The molecule has 0 aromatic carbocycles. The van der Waals surface area contributed by atoms with E-state index in [1.165, 1.54) is 6.07 Å². The fourth-order valence-electron chi connectivity index (χ4n) is 1.89. The molecule has 2 N–H and O–H groups in total. The molecule has 1 aromatic rings. The van der Waals surface area contributed by atoms with Crippen LogP contribution in [0.25, 0.3) is 0 Å². The third-order valence-electron chi connectivity index (χ3n) is 2.79. The molecule has 1 fully saturated rings. The number of carbonyl (C=O) groups excluding carboxylic acids is 1. The van der Waals surface area contributed by atoms with E-state index in [2.05, 4.69) is 10.3 Å². The smallest absolute Gasteiger partial charge is 0.267 e. The quantitative estimate of drug-likeness (QED) is 0.807. The van der Waals surface area contributed by atoms with Gasteiger partial charge in [0.25, 0.3) is 5.91 Å². The Balaban J connectivity index is 1.79. The van der Waals surface area contributed by atoms with Gasteiger partial charge in [0.05, 0.1) is 6.10 Å². The Kier molecular flexibility index (Phi) is 3.93. The van der Waals surface area contributed by atoms with Crippen LogP contribution < -0.4 is 10.9 Å². The highest BCUT2D eigenvalue weighted by atomic mass is 16.5. The first-order chi connectivity index (χ1) is 8.25. The molecule has 0 saturated carbocycles. The van der Waals surface area contributed by atoms with Gasteiger partial charge in [0.1, 0.15) is 5.69 Å². The van der Waals surface area contributed by atoms with Crippen molar-refractivity contribution in [1.82, 2.24) is 10.3 Å². The summed E-state index contributed by atoms with van der Waals surface area (Å²) in [6.07, 6.45) is 3.26. The maximum absolute atomic E-state index is 11.6. The number of aromatic nitrogens is 1. The number of carbonyl (C=O) groups is 1. The van der Waals surface area contributed by atoms with Crippen molar-refractivity contribution in [3.05, 3.63) is 34.2 Å². The van der Waals surface area contributed by atoms with Gasteiger partial charge in [-0.2, -0.15) is 0 Å². The van der Waals surface area contributed by atoms with E-state index in [-0.39, 0.29) is 17.6 Å². The molecular weight excluding hydrogens is 220 g/mol. The Labute approximate surface area is 99.2 Å².